The predicted molar refractivity (Wildman–Crippen MR) is 148 cm³/mol. The van der Waals surface area contributed by atoms with E-state index in [0.29, 0.717) is 16.3 Å². The van der Waals surface area contributed by atoms with Crippen molar-refractivity contribution < 1.29 is 27.2 Å². The zero-order chi connectivity index (χ0) is 28.9. The van der Waals surface area contributed by atoms with Crippen LogP contribution in [0.3, 0.4) is 0 Å². The van der Waals surface area contributed by atoms with Gasteiger partial charge in [0.25, 0.3) is 15.9 Å². The Hall–Kier alpha value is -4.05. The second kappa shape index (κ2) is 12.4. The number of rotatable bonds is 11. The van der Waals surface area contributed by atoms with Crippen LogP contribution in [0.2, 0.25) is 0 Å². The van der Waals surface area contributed by atoms with E-state index in [1.807, 2.05) is 44.2 Å². The summed E-state index contributed by atoms with van der Waals surface area (Å²) in [7, 11) is -4.09. The summed E-state index contributed by atoms with van der Waals surface area (Å²) < 4.78 is 40.4. The summed E-state index contributed by atoms with van der Waals surface area (Å²) in [5.74, 6) is -1.99. The minimum atomic E-state index is -4.09. The lowest BCUT2D eigenvalue weighted by molar-refractivity contribution is -0.141. The quantitative estimate of drug-likeness (QED) is 0.380. The van der Waals surface area contributed by atoms with Gasteiger partial charge in [-0.05, 0) is 48.7 Å². The van der Waals surface area contributed by atoms with E-state index in [9.17, 15) is 27.2 Å². The van der Waals surface area contributed by atoms with E-state index in [-0.39, 0.29) is 48.3 Å². The molecule has 1 N–H and O–H groups in total. The zero-order valence-corrected chi connectivity index (χ0v) is 23.2. The molecule has 0 unspecified atom stereocenters. The average molecular weight is 566 g/mol. The first kappa shape index (κ1) is 28.9. The molecule has 3 amide bonds. The summed E-state index contributed by atoms with van der Waals surface area (Å²) in [6.45, 7) is 3.42. The molecule has 0 spiro atoms. The highest BCUT2D eigenvalue weighted by Crippen LogP contribution is 2.30. The van der Waals surface area contributed by atoms with Crippen molar-refractivity contribution in [2.24, 2.45) is 0 Å². The number of sulfonamides is 1. The minimum absolute atomic E-state index is 0.00847. The molecule has 1 aliphatic heterocycles. The molecule has 0 fully saturated rings. The molecule has 0 saturated heterocycles. The van der Waals surface area contributed by atoms with Gasteiger partial charge in [0, 0.05) is 32.0 Å². The van der Waals surface area contributed by atoms with Gasteiger partial charge in [-0.3, -0.25) is 14.4 Å². The number of halogens is 1. The number of hydrogen-bond acceptors (Lipinski definition) is 5. The maximum Gasteiger partial charge on any atom is 0.269 e. The van der Waals surface area contributed by atoms with Crippen molar-refractivity contribution in [3.05, 3.63) is 101 Å². The van der Waals surface area contributed by atoms with Gasteiger partial charge in [0.15, 0.2) is 0 Å². The topological polar surface area (TPSA) is 104 Å². The van der Waals surface area contributed by atoms with Crippen LogP contribution >= 0.6 is 0 Å². The SMILES string of the molecule is CC[C@@H](C)NC(=O)[C@H](Cc1ccccc1)N(Cc1ccc(F)cc1)C(=O)CCN1C(=O)c2ccccc2S1(=O)=O. The van der Waals surface area contributed by atoms with Crippen LogP contribution in [-0.4, -0.2) is 54.0 Å². The lowest BCUT2D eigenvalue weighted by Crippen LogP contribution is -2.52. The largest absolute Gasteiger partial charge is 0.352 e. The summed E-state index contributed by atoms with van der Waals surface area (Å²) >= 11 is 0. The van der Waals surface area contributed by atoms with E-state index < -0.39 is 33.7 Å². The highest BCUT2D eigenvalue weighted by molar-refractivity contribution is 7.90. The van der Waals surface area contributed by atoms with Crippen LogP contribution in [0.15, 0.2) is 83.8 Å². The number of nitrogens with zero attached hydrogens (tertiary/aromatic N) is 2. The number of amides is 3. The number of hydrogen-bond donors (Lipinski definition) is 1. The Bertz CT molecular complexity index is 1480. The first-order valence-electron chi connectivity index (χ1n) is 13.2. The van der Waals surface area contributed by atoms with Crippen LogP contribution < -0.4 is 5.32 Å². The van der Waals surface area contributed by atoms with Gasteiger partial charge in [-0.15, -0.1) is 0 Å². The number of carbonyl (C=O) groups is 3. The van der Waals surface area contributed by atoms with Crippen molar-refractivity contribution >= 4 is 27.7 Å². The van der Waals surface area contributed by atoms with Gasteiger partial charge < -0.3 is 10.2 Å². The summed E-state index contributed by atoms with van der Waals surface area (Å²) in [5, 5.41) is 2.96. The summed E-state index contributed by atoms with van der Waals surface area (Å²) in [6.07, 6.45) is 0.565. The van der Waals surface area contributed by atoms with Crippen molar-refractivity contribution in [2.45, 2.75) is 56.6 Å². The molecule has 1 aliphatic rings. The second-order valence-electron chi connectivity index (χ2n) is 9.80. The van der Waals surface area contributed by atoms with E-state index in [1.165, 1.54) is 47.4 Å². The van der Waals surface area contributed by atoms with Crippen molar-refractivity contribution in [1.82, 2.24) is 14.5 Å². The molecular formula is C30H32FN3O5S. The molecule has 0 radical (unpaired) electrons. The van der Waals surface area contributed by atoms with Gasteiger partial charge in [-0.25, -0.2) is 17.1 Å². The molecule has 40 heavy (non-hydrogen) atoms. The molecule has 8 nitrogen and oxygen atoms in total. The van der Waals surface area contributed by atoms with Crippen LogP contribution in [0.1, 0.15) is 48.2 Å². The fraction of sp³-hybridized carbons (Fsp3) is 0.300. The summed E-state index contributed by atoms with van der Waals surface area (Å²) in [6, 6.07) is 19.7. The Balaban J connectivity index is 1.64. The second-order valence-corrected chi connectivity index (χ2v) is 11.6. The van der Waals surface area contributed by atoms with Gasteiger partial charge in [-0.1, -0.05) is 61.5 Å². The van der Waals surface area contributed by atoms with Crippen LogP contribution in [0.4, 0.5) is 4.39 Å². The van der Waals surface area contributed by atoms with Crippen molar-refractivity contribution in [3.63, 3.8) is 0 Å². The van der Waals surface area contributed by atoms with E-state index in [4.69, 9.17) is 0 Å². The molecule has 3 aromatic carbocycles. The summed E-state index contributed by atoms with van der Waals surface area (Å²) in [4.78, 5) is 41.5. The number of carbonyl (C=O) groups excluding carboxylic acids is 3. The molecule has 0 aliphatic carbocycles. The van der Waals surface area contributed by atoms with E-state index in [1.54, 1.807) is 6.07 Å². The van der Waals surface area contributed by atoms with E-state index >= 15 is 0 Å². The molecule has 0 bridgehead atoms. The normalized spacial score (nSPS) is 15.3. The zero-order valence-electron chi connectivity index (χ0n) is 22.4. The van der Waals surface area contributed by atoms with Gasteiger partial charge in [0.1, 0.15) is 16.8 Å². The molecule has 4 rings (SSSR count). The molecule has 210 valence electrons. The number of fused-ring (bicyclic) bond motifs is 1. The Morgan fingerprint density at radius 2 is 1.60 bits per heavy atom. The van der Waals surface area contributed by atoms with Crippen LogP contribution in [0.25, 0.3) is 0 Å². The number of nitrogens with one attached hydrogen (secondary N) is 1. The lowest BCUT2D eigenvalue weighted by atomic mass is 10.0. The average Bonchev–Trinajstić information content (AvgIpc) is 3.15. The molecular weight excluding hydrogens is 533 g/mol. The van der Waals surface area contributed by atoms with Crippen molar-refractivity contribution in [3.8, 4) is 0 Å². The van der Waals surface area contributed by atoms with Gasteiger partial charge in [0.2, 0.25) is 11.8 Å². The molecule has 3 aromatic rings. The molecule has 0 saturated carbocycles. The highest BCUT2D eigenvalue weighted by atomic mass is 32.2. The third kappa shape index (κ3) is 6.39. The van der Waals surface area contributed by atoms with Crippen LogP contribution in [0.5, 0.6) is 0 Å². The lowest BCUT2D eigenvalue weighted by Gasteiger charge is -2.32. The van der Waals surface area contributed by atoms with E-state index in [0.717, 1.165) is 5.56 Å². The Morgan fingerprint density at radius 3 is 2.25 bits per heavy atom. The molecule has 2 atom stereocenters. The van der Waals surface area contributed by atoms with Crippen LogP contribution in [-0.2, 0) is 32.6 Å². The standard InChI is InChI=1S/C30H32FN3O5S/c1-3-21(2)32-29(36)26(19-22-9-5-4-6-10-22)33(20-23-13-15-24(31)16-14-23)28(35)17-18-34-30(37)25-11-7-8-12-27(25)40(34,38)39/h4-16,21,26H,3,17-20H2,1-2H3,(H,32,36)/t21-,26+/m1/s1. The van der Waals surface area contributed by atoms with Gasteiger partial charge >= 0.3 is 0 Å². The Kier molecular flexibility index (Phi) is 8.99. The molecule has 1 heterocycles. The first-order chi connectivity index (χ1) is 19.1. The van der Waals surface area contributed by atoms with Crippen LogP contribution in [0, 0.1) is 5.82 Å². The van der Waals surface area contributed by atoms with Gasteiger partial charge in [-0.2, -0.15) is 0 Å². The van der Waals surface area contributed by atoms with E-state index in [2.05, 4.69) is 5.32 Å². The maximum atomic E-state index is 13.8. The smallest absolute Gasteiger partial charge is 0.269 e. The Morgan fingerprint density at radius 1 is 0.950 bits per heavy atom. The number of benzene rings is 3. The molecule has 0 aromatic heterocycles. The summed E-state index contributed by atoms with van der Waals surface area (Å²) in [5.41, 5.74) is 1.49. The van der Waals surface area contributed by atoms with Crippen molar-refractivity contribution in [1.29, 1.82) is 0 Å². The maximum absolute atomic E-state index is 13.8. The first-order valence-corrected chi connectivity index (χ1v) is 14.6. The molecule has 10 heteroatoms. The minimum Gasteiger partial charge on any atom is -0.352 e. The third-order valence-corrected chi connectivity index (χ3v) is 8.82. The monoisotopic (exact) mass is 565 g/mol. The Labute approximate surface area is 233 Å². The van der Waals surface area contributed by atoms with Crippen molar-refractivity contribution in [2.75, 3.05) is 6.54 Å². The fourth-order valence-corrected chi connectivity index (χ4v) is 6.14. The van der Waals surface area contributed by atoms with Gasteiger partial charge in [0.05, 0.1) is 5.56 Å². The highest BCUT2D eigenvalue weighted by Gasteiger charge is 2.41. The third-order valence-electron chi connectivity index (χ3n) is 6.98. The predicted octanol–water partition coefficient (Wildman–Crippen LogP) is 3.92. The fourth-order valence-electron chi connectivity index (χ4n) is 4.57.